The first kappa shape index (κ1) is 15.0. The molecule has 2 heterocycles. The fraction of sp³-hybridized carbons (Fsp3) is 0.786. The maximum absolute atomic E-state index is 12.0. The van der Waals surface area contributed by atoms with Gasteiger partial charge in [0.25, 0.3) is 5.91 Å². The van der Waals surface area contributed by atoms with Gasteiger partial charge in [0.1, 0.15) is 6.04 Å². The van der Waals surface area contributed by atoms with Crippen molar-refractivity contribution in [2.75, 3.05) is 13.1 Å². The van der Waals surface area contributed by atoms with Crippen molar-refractivity contribution in [3.8, 4) is 0 Å². The minimum Gasteiger partial charge on any atom is -0.344 e. The molecule has 0 radical (unpaired) electrons. The van der Waals surface area contributed by atoms with Crippen molar-refractivity contribution < 1.29 is 14.4 Å². The summed E-state index contributed by atoms with van der Waals surface area (Å²) in [5.74, 6) is -0.0568. The number of nitrogens with zero attached hydrogens (tertiary/aromatic N) is 1. The second kappa shape index (κ2) is 6.35. The molecule has 0 aromatic heterocycles. The molecule has 0 saturated carbocycles. The molecule has 2 fully saturated rings. The number of carbonyl (C=O) groups excluding carboxylic acids is 3. The highest BCUT2D eigenvalue weighted by atomic mass is 16.2. The van der Waals surface area contributed by atoms with Gasteiger partial charge in [-0.2, -0.15) is 0 Å². The van der Waals surface area contributed by atoms with Crippen LogP contribution in [-0.2, 0) is 14.4 Å². The van der Waals surface area contributed by atoms with E-state index >= 15 is 0 Å². The zero-order chi connectivity index (χ0) is 14.7. The zero-order valence-corrected chi connectivity index (χ0v) is 12.1. The lowest BCUT2D eigenvalue weighted by Crippen LogP contribution is -2.43. The SMILES string of the molecule is CC(C)N1C(=O)CC(NC(=O)CCC2CCNC2)C1=O. The van der Waals surface area contributed by atoms with Gasteiger partial charge in [-0.25, -0.2) is 0 Å². The number of carbonyl (C=O) groups is 3. The van der Waals surface area contributed by atoms with Gasteiger partial charge in [-0.3, -0.25) is 19.3 Å². The molecule has 0 aliphatic carbocycles. The minimum absolute atomic E-state index is 0.0910. The van der Waals surface area contributed by atoms with Crippen LogP contribution in [0.1, 0.15) is 39.5 Å². The number of hydrogen-bond acceptors (Lipinski definition) is 4. The van der Waals surface area contributed by atoms with Crippen molar-refractivity contribution in [2.24, 2.45) is 5.92 Å². The van der Waals surface area contributed by atoms with Crippen LogP contribution in [0.2, 0.25) is 0 Å². The number of imide groups is 1. The summed E-state index contributed by atoms with van der Waals surface area (Å²) in [5, 5.41) is 5.96. The lowest BCUT2D eigenvalue weighted by atomic mass is 10.0. The third-order valence-electron chi connectivity index (χ3n) is 3.98. The van der Waals surface area contributed by atoms with E-state index in [-0.39, 0.29) is 30.2 Å². The Hall–Kier alpha value is -1.43. The number of likely N-dealkylation sites (tertiary alicyclic amines) is 1. The van der Waals surface area contributed by atoms with E-state index in [0.29, 0.717) is 12.3 Å². The molecule has 2 atom stereocenters. The highest BCUT2D eigenvalue weighted by Crippen LogP contribution is 2.17. The molecule has 0 bridgehead atoms. The Morgan fingerprint density at radius 1 is 1.45 bits per heavy atom. The highest BCUT2D eigenvalue weighted by molar-refractivity contribution is 6.07. The van der Waals surface area contributed by atoms with Gasteiger partial charge < -0.3 is 10.6 Å². The Bertz CT molecular complexity index is 402. The smallest absolute Gasteiger partial charge is 0.252 e. The molecule has 6 heteroatoms. The summed E-state index contributed by atoms with van der Waals surface area (Å²) in [6, 6.07) is -0.819. The number of amides is 3. The molecule has 0 aromatic rings. The summed E-state index contributed by atoms with van der Waals surface area (Å²) in [5.41, 5.74) is 0. The van der Waals surface area contributed by atoms with E-state index in [9.17, 15) is 14.4 Å². The van der Waals surface area contributed by atoms with Crippen molar-refractivity contribution in [3.05, 3.63) is 0 Å². The maximum Gasteiger partial charge on any atom is 0.252 e. The topological polar surface area (TPSA) is 78.5 Å². The summed E-state index contributed by atoms with van der Waals surface area (Å²) in [6.45, 7) is 5.58. The summed E-state index contributed by atoms with van der Waals surface area (Å²) < 4.78 is 0. The van der Waals surface area contributed by atoms with Crippen molar-refractivity contribution in [1.29, 1.82) is 0 Å². The fourth-order valence-corrected chi connectivity index (χ4v) is 2.87. The normalized spacial score (nSPS) is 26.6. The van der Waals surface area contributed by atoms with Crippen molar-refractivity contribution >= 4 is 17.7 Å². The van der Waals surface area contributed by atoms with E-state index in [1.807, 2.05) is 0 Å². The lowest BCUT2D eigenvalue weighted by molar-refractivity contribution is -0.141. The minimum atomic E-state index is -0.667. The Morgan fingerprint density at radius 3 is 2.75 bits per heavy atom. The Balaban J connectivity index is 1.79. The summed E-state index contributed by atoms with van der Waals surface area (Å²) >= 11 is 0. The molecule has 6 nitrogen and oxygen atoms in total. The predicted molar refractivity (Wildman–Crippen MR) is 73.7 cm³/mol. The van der Waals surface area contributed by atoms with Crippen LogP contribution in [0.25, 0.3) is 0 Å². The van der Waals surface area contributed by atoms with Crippen molar-refractivity contribution in [1.82, 2.24) is 15.5 Å². The molecular formula is C14H23N3O3. The molecule has 2 unspecified atom stereocenters. The van der Waals surface area contributed by atoms with E-state index in [1.165, 1.54) is 4.90 Å². The summed E-state index contributed by atoms with van der Waals surface area (Å²) in [7, 11) is 0. The van der Waals surface area contributed by atoms with Crippen LogP contribution < -0.4 is 10.6 Å². The van der Waals surface area contributed by atoms with Crippen LogP contribution >= 0.6 is 0 Å². The average Bonchev–Trinajstić information content (AvgIpc) is 2.96. The number of nitrogens with one attached hydrogen (secondary N) is 2. The lowest BCUT2D eigenvalue weighted by Gasteiger charge is -2.19. The molecule has 0 aromatic carbocycles. The average molecular weight is 281 g/mol. The van der Waals surface area contributed by atoms with E-state index in [1.54, 1.807) is 13.8 Å². The second-order valence-corrected chi connectivity index (χ2v) is 5.92. The zero-order valence-electron chi connectivity index (χ0n) is 12.1. The number of hydrogen-bond donors (Lipinski definition) is 2. The quantitative estimate of drug-likeness (QED) is 0.697. The van der Waals surface area contributed by atoms with Crippen LogP contribution in [0.15, 0.2) is 0 Å². The third kappa shape index (κ3) is 3.36. The van der Waals surface area contributed by atoms with Crippen molar-refractivity contribution in [3.63, 3.8) is 0 Å². The third-order valence-corrected chi connectivity index (χ3v) is 3.98. The second-order valence-electron chi connectivity index (χ2n) is 5.92. The monoisotopic (exact) mass is 281 g/mol. The molecule has 2 rings (SSSR count). The molecule has 2 aliphatic rings. The van der Waals surface area contributed by atoms with Gasteiger partial charge in [0, 0.05) is 12.5 Å². The van der Waals surface area contributed by atoms with Gasteiger partial charge in [-0.1, -0.05) is 0 Å². The fourth-order valence-electron chi connectivity index (χ4n) is 2.87. The standard InChI is InChI=1S/C14H23N3O3/c1-9(2)17-13(19)7-11(14(17)20)16-12(18)4-3-10-5-6-15-8-10/h9-11,15H,3-8H2,1-2H3,(H,16,18). The molecule has 2 N–H and O–H groups in total. The van der Waals surface area contributed by atoms with Crippen molar-refractivity contribution in [2.45, 2.75) is 51.6 Å². The Morgan fingerprint density at radius 2 is 2.20 bits per heavy atom. The van der Waals surface area contributed by atoms with Crippen LogP contribution in [0.5, 0.6) is 0 Å². The van der Waals surface area contributed by atoms with E-state index in [4.69, 9.17) is 0 Å². The van der Waals surface area contributed by atoms with Gasteiger partial charge in [-0.05, 0) is 45.7 Å². The van der Waals surface area contributed by atoms with Crippen LogP contribution in [0.4, 0.5) is 0 Å². The molecule has 3 amide bonds. The molecular weight excluding hydrogens is 258 g/mol. The van der Waals surface area contributed by atoms with Crippen LogP contribution in [0, 0.1) is 5.92 Å². The Labute approximate surface area is 119 Å². The van der Waals surface area contributed by atoms with Gasteiger partial charge in [0.15, 0.2) is 0 Å². The largest absolute Gasteiger partial charge is 0.344 e. The predicted octanol–water partition coefficient (Wildman–Crippen LogP) is 0.0282. The van der Waals surface area contributed by atoms with Crippen LogP contribution in [-0.4, -0.2) is 47.8 Å². The molecule has 20 heavy (non-hydrogen) atoms. The van der Waals surface area contributed by atoms with Gasteiger partial charge in [0.2, 0.25) is 11.8 Å². The van der Waals surface area contributed by atoms with Gasteiger partial charge in [-0.15, -0.1) is 0 Å². The van der Waals surface area contributed by atoms with Crippen LogP contribution in [0.3, 0.4) is 0 Å². The highest BCUT2D eigenvalue weighted by Gasteiger charge is 2.40. The molecule has 0 spiro atoms. The summed E-state index contributed by atoms with van der Waals surface area (Å²) in [6.07, 6.45) is 2.45. The summed E-state index contributed by atoms with van der Waals surface area (Å²) in [4.78, 5) is 36.9. The van der Waals surface area contributed by atoms with E-state index < -0.39 is 6.04 Å². The first-order valence-corrected chi connectivity index (χ1v) is 7.35. The first-order valence-electron chi connectivity index (χ1n) is 7.35. The maximum atomic E-state index is 12.0. The molecule has 2 aliphatic heterocycles. The van der Waals surface area contributed by atoms with E-state index in [2.05, 4.69) is 10.6 Å². The van der Waals surface area contributed by atoms with Gasteiger partial charge >= 0.3 is 0 Å². The first-order chi connectivity index (χ1) is 9.49. The molecule has 112 valence electrons. The van der Waals surface area contributed by atoms with Gasteiger partial charge in [0.05, 0.1) is 6.42 Å². The Kier molecular flexibility index (Phi) is 4.75. The van der Waals surface area contributed by atoms with E-state index in [0.717, 1.165) is 25.9 Å². The molecule has 2 saturated heterocycles. The number of rotatable bonds is 5.